The molecular formula is C17H14Cl2N2O6. The molecular weight excluding hydrogens is 399 g/mol. The Balaban J connectivity index is 1.95. The van der Waals surface area contributed by atoms with E-state index in [9.17, 15) is 19.7 Å². The summed E-state index contributed by atoms with van der Waals surface area (Å²) in [6, 6.07) is 8.32. The second-order valence-corrected chi connectivity index (χ2v) is 6.07. The van der Waals surface area contributed by atoms with Crippen LogP contribution in [0.1, 0.15) is 15.9 Å². The molecule has 2 aromatic rings. The van der Waals surface area contributed by atoms with Crippen molar-refractivity contribution in [1.82, 2.24) is 5.32 Å². The van der Waals surface area contributed by atoms with E-state index in [1.165, 1.54) is 19.2 Å². The minimum absolute atomic E-state index is 0.0963. The number of rotatable bonds is 7. The first-order chi connectivity index (χ1) is 12.8. The van der Waals surface area contributed by atoms with Crippen LogP contribution in [0.4, 0.5) is 5.69 Å². The highest BCUT2D eigenvalue weighted by Crippen LogP contribution is 2.24. The number of halogens is 2. The maximum Gasteiger partial charge on any atom is 0.342 e. The van der Waals surface area contributed by atoms with Gasteiger partial charge in [0.1, 0.15) is 11.3 Å². The number of nitrogens with zero attached hydrogens (tertiary/aromatic N) is 1. The number of carbonyl (C=O) groups is 2. The molecule has 1 N–H and O–H groups in total. The molecule has 0 aliphatic carbocycles. The summed E-state index contributed by atoms with van der Waals surface area (Å²) in [7, 11) is 1.31. The van der Waals surface area contributed by atoms with Gasteiger partial charge in [0.2, 0.25) is 0 Å². The lowest BCUT2D eigenvalue weighted by Gasteiger charge is -2.10. The van der Waals surface area contributed by atoms with Gasteiger partial charge in [-0.25, -0.2) is 4.79 Å². The Morgan fingerprint density at radius 1 is 1.19 bits per heavy atom. The van der Waals surface area contributed by atoms with Crippen molar-refractivity contribution in [2.24, 2.45) is 0 Å². The van der Waals surface area contributed by atoms with Crippen molar-refractivity contribution >= 4 is 40.8 Å². The molecule has 0 saturated carbocycles. The van der Waals surface area contributed by atoms with Gasteiger partial charge >= 0.3 is 5.97 Å². The first-order valence-corrected chi connectivity index (χ1v) is 8.27. The minimum Gasteiger partial charge on any atom is -0.496 e. The minimum atomic E-state index is -0.921. The average Bonchev–Trinajstić information content (AvgIpc) is 2.64. The number of carbonyl (C=O) groups excluding carboxylic acids is 2. The molecule has 0 radical (unpaired) electrons. The average molecular weight is 413 g/mol. The Morgan fingerprint density at radius 2 is 1.93 bits per heavy atom. The monoisotopic (exact) mass is 412 g/mol. The summed E-state index contributed by atoms with van der Waals surface area (Å²) in [5.41, 5.74) is 0.186. The lowest BCUT2D eigenvalue weighted by molar-refractivity contribution is -0.384. The van der Waals surface area contributed by atoms with Crippen molar-refractivity contribution < 1.29 is 24.0 Å². The highest BCUT2D eigenvalue weighted by molar-refractivity contribution is 6.35. The topological polar surface area (TPSA) is 108 Å². The van der Waals surface area contributed by atoms with Gasteiger partial charge in [0.15, 0.2) is 6.61 Å². The summed E-state index contributed by atoms with van der Waals surface area (Å²) in [6.07, 6.45) is 0. The van der Waals surface area contributed by atoms with Crippen molar-refractivity contribution in [3.05, 3.63) is 67.7 Å². The number of hydrogen-bond donors (Lipinski definition) is 1. The molecule has 0 atom stereocenters. The van der Waals surface area contributed by atoms with Crippen LogP contribution in [-0.4, -0.2) is 30.5 Å². The van der Waals surface area contributed by atoms with Crippen molar-refractivity contribution in [2.75, 3.05) is 13.7 Å². The number of methoxy groups -OCH3 is 1. The molecule has 0 aromatic heterocycles. The molecule has 0 spiro atoms. The van der Waals surface area contributed by atoms with Crippen LogP contribution in [0.15, 0.2) is 36.4 Å². The van der Waals surface area contributed by atoms with Gasteiger partial charge in [0, 0.05) is 28.7 Å². The predicted octanol–water partition coefficient (Wildman–Crippen LogP) is 3.38. The fourth-order valence-electron chi connectivity index (χ4n) is 2.09. The largest absolute Gasteiger partial charge is 0.496 e. The molecule has 2 rings (SSSR count). The van der Waals surface area contributed by atoms with Gasteiger partial charge < -0.3 is 14.8 Å². The van der Waals surface area contributed by atoms with E-state index in [4.69, 9.17) is 32.7 Å². The maximum absolute atomic E-state index is 12.1. The molecule has 2 aromatic carbocycles. The van der Waals surface area contributed by atoms with Crippen LogP contribution in [0.25, 0.3) is 0 Å². The molecule has 10 heteroatoms. The number of nitro groups is 1. The van der Waals surface area contributed by atoms with Gasteiger partial charge in [-0.3, -0.25) is 14.9 Å². The summed E-state index contributed by atoms with van der Waals surface area (Å²) in [5, 5.41) is 14.2. The molecule has 0 unspecified atom stereocenters. The van der Waals surface area contributed by atoms with Crippen molar-refractivity contribution in [3.63, 3.8) is 0 Å². The number of non-ortho nitro benzene ring substituents is 1. The molecule has 27 heavy (non-hydrogen) atoms. The second kappa shape index (κ2) is 9.20. The molecule has 0 aliphatic rings. The number of hydrogen-bond acceptors (Lipinski definition) is 6. The summed E-state index contributed by atoms with van der Waals surface area (Å²) in [5.74, 6) is -1.40. The van der Waals surface area contributed by atoms with E-state index in [0.29, 0.717) is 15.6 Å². The van der Waals surface area contributed by atoms with E-state index in [1.54, 1.807) is 18.2 Å². The number of benzene rings is 2. The van der Waals surface area contributed by atoms with Crippen LogP contribution < -0.4 is 10.1 Å². The number of esters is 1. The van der Waals surface area contributed by atoms with Crippen LogP contribution in [0.2, 0.25) is 10.0 Å². The second-order valence-electron chi connectivity index (χ2n) is 5.23. The van der Waals surface area contributed by atoms with Crippen molar-refractivity contribution in [1.29, 1.82) is 0 Å². The summed E-state index contributed by atoms with van der Waals surface area (Å²) in [6.45, 7) is -0.456. The maximum atomic E-state index is 12.1. The number of ether oxygens (including phenoxy) is 2. The summed E-state index contributed by atoms with van der Waals surface area (Å²) >= 11 is 11.8. The van der Waals surface area contributed by atoms with E-state index in [0.717, 1.165) is 6.07 Å². The van der Waals surface area contributed by atoms with E-state index in [2.05, 4.69) is 5.32 Å². The van der Waals surface area contributed by atoms with Crippen LogP contribution in [0, 0.1) is 10.1 Å². The van der Waals surface area contributed by atoms with Crippen LogP contribution in [0.5, 0.6) is 5.75 Å². The third-order valence-corrected chi connectivity index (χ3v) is 4.03. The van der Waals surface area contributed by atoms with Crippen molar-refractivity contribution in [2.45, 2.75) is 6.54 Å². The predicted molar refractivity (Wildman–Crippen MR) is 98.2 cm³/mol. The van der Waals surface area contributed by atoms with Gasteiger partial charge in [-0.2, -0.15) is 0 Å². The Labute approximate surface area is 164 Å². The zero-order chi connectivity index (χ0) is 20.0. The fourth-order valence-corrected chi connectivity index (χ4v) is 2.56. The Hall–Kier alpha value is -2.84. The standard InChI is InChI=1S/C17H14Cl2N2O6/c1-26-15-5-4-12(21(24)25)7-13(15)17(23)27-9-16(22)20-8-10-2-3-11(18)6-14(10)19/h2-7H,8-9H2,1H3,(H,20,22). The van der Waals surface area contributed by atoms with Gasteiger partial charge in [0.25, 0.3) is 11.6 Å². The molecule has 0 fully saturated rings. The normalized spacial score (nSPS) is 10.2. The van der Waals surface area contributed by atoms with E-state index in [-0.39, 0.29) is 23.5 Å². The smallest absolute Gasteiger partial charge is 0.342 e. The third kappa shape index (κ3) is 5.57. The Morgan fingerprint density at radius 3 is 2.56 bits per heavy atom. The van der Waals surface area contributed by atoms with Crippen LogP contribution >= 0.6 is 23.2 Å². The number of amides is 1. The summed E-state index contributed by atoms with van der Waals surface area (Å²) < 4.78 is 9.88. The Kier molecular flexibility index (Phi) is 6.98. The molecule has 0 bridgehead atoms. The highest BCUT2D eigenvalue weighted by Gasteiger charge is 2.19. The molecule has 0 heterocycles. The lowest BCUT2D eigenvalue weighted by atomic mass is 10.2. The molecule has 8 nitrogen and oxygen atoms in total. The van der Waals surface area contributed by atoms with Gasteiger partial charge in [-0.15, -0.1) is 0 Å². The van der Waals surface area contributed by atoms with Gasteiger partial charge in [-0.05, 0) is 23.8 Å². The fraction of sp³-hybridized carbons (Fsp3) is 0.176. The van der Waals surface area contributed by atoms with E-state index in [1.807, 2.05) is 0 Å². The van der Waals surface area contributed by atoms with Gasteiger partial charge in [-0.1, -0.05) is 29.3 Å². The number of nitro benzene ring substituents is 1. The summed E-state index contributed by atoms with van der Waals surface area (Å²) in [4.78, 5) is 34.2. The van der Waals surface area contributed by atoms with Crippen molar-refractivity contribution in [3.8, 4) is 5.75 Å². The molecule has 1 amide bonds. The first-order valence-electron chi connectivity index (χ1n) is 7.52. The molecule has 0 aliphatic heterocycles. The zero-order valence-electron chi connectivity index (χ0n) is 14.0. The molecule has 0 saturated heterocycles. The van der Waals surface area contributed by atoms with E-state index >= 15 is 0 Å². The van der Waals surface area contributed by atoms with Gasteiger partial charge in [0.05, 0.1) is 12.0 Å². The number of nitrogens with one attached hydrogen (secondary N) is 1. The lowest BCUT2D eigenvalue weighted by Crippen LogP contribution is -2.28. The first kappa shape index (κ1) is 20.5. The third-order valence-electron chi connectivity index (χ3n) is 3.44. The van der Waals surface area contributed by atoms with Crippen LogP contribution in [0.3, 0.4) is 0 Å². The quantitative estimate of drug-likeness (QED) is 0.424. The molecule has 142 valence electrons. The SMILES string of the molecule is COc1ccc([N+](=O)[O-])cc1C(=O)OCC(=O)NCc1ccc(Cl)cc1Cl. The highest BCUT2D eigenvalue weighted by atomic mass is 35.5. The zero-order valence-corrected chi connectivity index (χ0v) is 15.5. The van der Waals surface area contributed by atoms with Crippen LogP contribution in [-0.2, 0) is 16.1 Å². The Bertz CT molecular complexity index is 888. The van der Waals surface area contributed by atoms with E-state index < -0.39 is 23.4 Å².